The third-order valence-electron chi connectivity index (χ3n) is 3.95. The molecule has 1 saturated heterocycles. The third-order valence-corrected chi connectivity index (χ3v) is 3.95. The summed E-state index contributed by atoms with van der Waals surface area (Å²) in [5.74, 6) is 0. The van der Waals surface area contributed by atoms with Crippen LogP contribution in [0.3, 0.4) is 0 Å². The number of ether oxygens (including phenoxy) is 1. The first-order valence-electron chi connectivity index (χ1n) is 7.19. The largest absolute Gasteiger partial charge is 0.379 e. The van der Waals surface area contributed by atoms with Crippen LogP contribution in [0.2, 0.25) is 0 Å². The number of benzene rings is 1. The molecule has 1 aromatic carbocycles. The lowest BCUT2D eigenvalue weighted by Crippen LogP contribution is -2.36. The predicted molar refractivity (Wildman–Crippen MR) is 78.6 cm³/mol. The zero-order valence-corrected chi connectivity index (χ0v) is 11.6. The molecule has 3 heteroatoms. The van der Waals surface area contributed by atoms with Crippen molar-refractivity contribution in [1.82, 2.24) is 9.88 Å². The van der Waals surface area contributed by atoms with Crippen molar-refractivity contribution in [2.75, 3.05) is 32.8 Å². The van der Waals surface area contributed by atoms with Crippen LogP contribution in [-0.2, 0) is 11.2 Å². The second-order valence-electron chi connectivity index (χ2n) is 5.42. The highest BCUT2D eigenvalue weighted by atomic mass is 16.5. The molecule has 3 nitrogen and oxygen atoms in total. The Labute approximate surface area is 114 Å². The molecule has 0 atom stereocenters. The lowest BCUT2D eigenvalue weighted by Gasteiger charge is -2.26. The van der Waals surface area contributed by atoms with E-state index in [4.69, 9.17) is 4.74 Å². The first kappa shape index (κ1) is 12.7. The number of nitrogens with one attached hydrogen (secondary N) is 1. The number of hydrogen-bond acceptors (Lipinski definition) is 2. The highest BCUT2D eigenvalue weighted by molar-refractivity contribution is 5.83. The zero-order chi connectivity index (χ0) is 13.1. The van der Waals surface area contributed by atoms with Gasteiger partial charge in [0.25, 0.3) is 0 Å². The van der Waals surface area contributed by atoms with Gasteiger partial charge in [-0.1, -0.05) is 12.1 Å². The van der Waals surface area contributed by atoms with Crippen molar-refractivity contribution in [3.8, 4) is 0 Å². The summed E-state index contributed by atoms with van der Waals surface area (Å²) in [4.78, 5) is 5.89. The van der Waals surface area contributed by atoms with Crippen LogP contribution in [0.25, 0.3) is 10.9 Å². The molecule has 2 heterocycles. The number of rotatable bonds is 4. The molecule has 0 unspecified atom stereocenters. The number of aromatic amines is 1. The molecule has 1 aliphatic heterocycles. The molecule has 0 amide bonds. The second-order valence-corrected chi connectivity index (χ2v) is 5.42. The molecule has 1 N–H and O–H groups in total. The molecule has 0 bridgehead atoms. The van der Waals surface area contributed by atoms with Crippen LogP contribution >= 0.6 is 0 Å². The van der Waals surface area contributed by atoms with Gasteiger partial charge in [-0.3, -0.25) is 4.90 Å². The Morgan fingerprint density at radius 1 is 1.26 bits per heavy atom. The van der Waals surface area contributed by atoms with Gasteiger partial charge < -0.3 is 9.72 Å². The lowest BCUT2D eigenvalue weighted by atomic mass is 10.1. The van der Waals surface area contributed by atoms with Crippen LogP contribution in [0.4, 0.5) is 0 Å². The van der Waals surface area contributed by atoms with Crippen LogP contribution in [0.1, 0.15) is 17.5 Å². The Morgan fingerprint density at radius 3 is 2.95 bits per heavy atom. The maximum absolute atomic E-state index is 5.37. The van der Waals surface area contributed by atoms with Gasteiger partial charge in [0.05, 0.1) is 13.2 Å². The zero-order valence-electron chi connectivity index (χ0n) is 11.6. The predicted octanol–water partition coefficient (Wildman–Crippen LogP) is 2.74. The Hall–Kier alpha value is -1.32. The van der Waals surface area contributed by atoms with Crippen LogP contribution < -0.4 is 0 Å². The monoisotopic (exact) mass is 258 g/mol. The van der Waals surface area contributed by atoms with E-state index in [-0.39, 0.29) is 0 Å². The van der Waals surface area contributed by atoms with Crippen molar-refractivity contribution in [1.29, 1.82) is 0 Å². The van der Waals surface area contributed by atoms with Gasteiger partial charge in [-0.25, -0.2) is 0 Å². The molecule has 102 valence electrons. The van der Waals surface area contributed by atoms with E-state index in [1.165, 1.54) is 35.0 Å². The second kappa shape index (κ2) is 5.76. The first-order chi connectivity index (χ1) is 9.33. The Balaban J connectivity index is 1.59. The fraction of sp³-hybridized carbons (Fsp3) is 0.500. The number of hydrogen-bond donors (Lipinski definition) is 1. The average Bonchev–Trinajstić information content (AvgIpc) is 2.82. The van der Waals surface area contributed by atoms with E-state index in [1.807, 2.05) is 0 Å². The number of H-pyrrole nitrogens is 1. The van der Waals surface area contributed by atoms with E-state index in [1.54, 1.807) is 0 Å². The maximum atomic E-state index is 5.37. The smallest absolute Gasteiger partial charge is 0.0594 e. The average molecular weight is 258 g/mol. The normalized spacial score (nSPS) is 17.1. The molecular weight excluding hydrogens is 236 g/mol. The molecule has 0 radical (unpaired) electrons. The molecule has 0 spiro atoms. The number of morpholine rings is 1. The molecule has 1 aliphatic rings. The van der Waals surface area contributed by atoms with Gasteiger partial charge in [-0.05, 0) is 43.5 Å². The van der Waals surface area contributed by atoms with Gasteiger partial charge in [0.15, 0.2) is 0 Å². The molecule has 1 aromatic heterocycles. The third kappa shape index (κ3) is 2.99. The Bertz CT molecular complexity index is 541. The number of fused-ring (bicyclic) bond motifs is 1. The van der Waals surface area contributed by atoms with E-state index < -0.39 is 0 Å². The first-order valence-corrected chi connectivity index (χ1v) is 7.19. The van der Waals surface area contributed by atoms with Crippen molar-refractivity contribution in [2.24, 2.45) is 0 Å². The van der Waals surface area contributed by atoms with Crippen molar-refractivity contribution < 1.29 is 4.74 Å². The molecule has 3 rings (SSSR count). The molecule has 2 aromatic rings. The molecule has 1 fully saturated rings. The summed E-state index contributed by atoms with van der Waals surface area (Å²) >= 11 is 0. The Morgan fingerprint density at radius 2 is 2.11 bits per heavy atom. The van der Waals surface area contributed by atoms with E-state index in [2.05, 4.69) is 41.2 Å². The highest BCUT2D eigenvalue weighted by Crippen LogP contribution is 2.20. The van der Waals surface area contributed by atoms with Crippen LogP contribution in [0.15, 0.2) is 24.4 Å². The van der Waals surface area contributed by atoms with E-state index in [0.29, 0.717) is 0 Å². The van der Waals surface area contributed by atoms with Gasteiger partial charge >= 0.3 is 0 Å². The number of aromatic nitrogens is 1. The van der Waals surface area contributed by atoms with Gasteiger partial charge in [0.1, 0.15) is 0 Å². The SMILES string of the molecule is Cc1ccc2c(CCCN3CCOCC3)c[nH]c2c1. The summed E-state index contributed by atoms with van der Waals surface area (Å²) in [5, 5.41) is 1.38. The lowest BCUT2D eigenvalue weighted by molar-refractivity contribution is 0.0375. The minimum atomic E-state index is 0.895. The quantitative estimate of drug-likeness (QED) is 0.913. The summed E-state index contributed by atoms with van der Waals surface area (Å²) in [6.07, 6.45) is 4.55. The van der Waals surface area contributed by atoms with Gasteiger partial charge in [0.2, 0.25) is 0 Å². The van der Waals surface area contributed by atoms with Crippen LogP contribution in [0.5, 0.6) is 0 Å². The molecular formula is C16H22N2O. The van der Waals surface area contributed by atoms with Gasteiger partial charge in [0, 0.05) is 30.2 Å². The Kier molecular flexibility index (Phi) is 3.85. The standard InChI is InChI=1S/C16H22N2O/c1-13-4-5-15-14(12-17-16(15)11-13)3-2-6-18-7-9-19-10-8-18/h4-5,11-12,17H,2-3,6-10H2,1H3. The van der Waals surface area contributed by atoms with Crippen molar-refractivity contribution in [2.45, 2.75) is 19.8 Å². The van der Waals surface area contributed by atoms with Crippen LogP contribution in [-0.4, -0.2) is 42.7 Å². The summed E-state index contributed by atoms with van der Waals surface area (Å²) in [5.41, 5.74) is 4.03. The topological polar surface area (TPSA) is 28.3 Å². The van der Waals surface area contributed by atoms with Crippen LogP contribution in [0, 0.1) is 6.92 Å². The van der Waals surface area contributed by atoms with Crippen molar-refractivity contribution in [3.05, 3.63) is 35.5 Å². The highest BCUT2D eigenvalue weighted by Gasteiger charge is 2.10. The minimum absolute atomic E-state index is 0.895. The van der Waals surface area contributed by atoms with E-state index >= 15 is 0 Å². The fourth-order valence-electron chi connectivity index (χ4n) is 2.82. The fourth-order valence-corrected chi connectivity index (χ4v) is 2.82. The van der Waals surface area contributed by atoms with E-state index in [0.717, 1.165) is 32.7 Å². The number of aryl methyl sites for hydroxylation is 2. The molecule has 19 heavy (non-hydrogen) atoms. The summed E-state index contributed by atoms with van der Waals surface area (Å²) in [6, 6.07) is 6.66. The van der Waals surface area contributed by atoms with Gasteiger partial charge in [-0.15, -0.1) is 0 Å². The molecule has 0 saturated carbocycles. The summed E-state index contributed by atoms with van der Waals surface area (Å²) in [7, 11) is 0. The maximum Gasteiger partial charge on any atom is 0.0594 e. The van der Waals surface area contributed by atoms with Crippen molar-refractivity contribution >= 4 is 10.9 Å². The van der Waals surface area contributed by atoms with E-state index in [9.17, 15) is 0 Å². The summed E-state index contributed by atoms with van der Waals surface area (Å²) in [6.45, 7) is 7.29. The number of nitrogens with zero attached hydrogens (tertiary/aromatic N) is 1. The minimum Gasteiger partial charge on any atom is -0.379 e. The molecule has 0 aliphatic carbocycles. The van der Waals surface area contributed by atoms with Crippen molar-refractivity contribution in [3.63, 3.8) is 0 Å². The summed E-state index contributed by atoms with van der Waals surface area (Å²) < 4.78 is 5.37. The van der Waals surface area contributed by atoms with Gasteiger partial charge in [-0.2, -0.15) is 0 Å².